The van der Waals surface area contributed by atoms with Crippen molar-refractivity contribution in [3.8, 4) is 5.75 Å². The van der Waals surface area contributed by atoms with Crippen LogP contribution in [0.5, 0.6) is 5.75 Å². The minimum atomic E-state index is 0.0170. The molecule has 1 amide bonds. The summed E-state index contributed by atoms with van der Waals surface area (Å²) < 4.78 is 5.72. The highest BCUT2D eigenvalue weighted by molar-refractivity contribution is 5.78. The molecule has 0 saturated carbocycles. The molecule has 4 rings (SSSR count). The first kappa shape index (κ1) is 18.2. The number of anilines is 1. The lowest BCUT2D eigenvalue weighted by atomic mass is 10.1. The number of aryl methyl sites for hydroxylation is 2. The van der Waals surface area contributed by atoms with Gasteiger partial charge in [-0.1, -0.05) is 18.2 Å². The van der Waals surface area contributed by atoms with E-state index < -0.39 is 0 Å². The summed E-state index contributed by atoms with van der Waals surface area (Å²) >= 11 is 0. The predicted molar refractivity (Wildman–Crippen MR) is 110 cm³/mol. The van der Waals surface area contributed by atoms with E-state index in [-0.39, 0.29) is 12.5 Å². The van der Waals surface area contributed by atoms with Gasteiger partial charge in [0.2, 0.25) is 0 Å². The first-order valence-corrected chi connectivity index (χ1v) is 9.54. The number of para-hydroxylation sites is 2. The number of piperazine rings is 1. The van der Waals surface area contributed by atoms with Gasteiger partial charge in [0, 0.05) is 26.2 Å². The Bertz CT molecular complexity index is 976. The molecule has 0 aliphatic carbocycles. The number of carbonyl (C=O) groups is 1. The molecule has 1 fully saturated rings. The maximum atomic E-state index is 12.5. The van der Waals surface area contributed by atoms with Crippen molar-refractivity contribution < 1.29 is 9.53 Å². The van der Waals surface area contributed by atoms with Gasteiger partial charge in [-0.2, -0.15) is 0 Å². The summed E-state index contributed by atoms with van der Waals surface area (Å²) in [7, 11) is 0. The highest BCUT2D eigenvalue weighted by atomic mass is 16.5. The van der Waals surface area contributed by atoms with E-state index in [1.54, 1.807) is 0 Å². The molecule has 1 aromatic heterocycles. The monoisotopic (exact) mass is 376 g/mol. The van der Waals surface area contributed by atoms with Gasteiger partial charge in [0.05, 0.1) is 17.2 Å². The van der Waals surface area contributed by atoms with Gasteiger partial charge in [0.25, 0.3) is 5.91 Å². The zero-order chi connectivity index (χ0) is 19.5. The summed E-state index contributed by atoms with van der Waals surface area (Å²) in [5.74, 6) is 1.62. The second-order valence-corrected chi connectivity index (χ2v) is 7.20. The largest absolute Gasteiger partial charge is 0.484 e. The van der Waals surface area contributed by atoms with Crippen LogP contribution in [0.2, 0.25) is 0 Å². The lowest BCUT2D eigenvalue weighted by Crippen LogP contribution is -2.50. The Morgan fingerprint density at radius 3 is 2.39 bits per heavy atom. The average molecular weight is 376 g/mol. The van der Waals surface area contributed by atoms with Gasteiger partial charge in [0.15, 0.2) is 6.61 Å². The average Bonchev–Trinajstić information content (AvgIpc) is 2.71. The fraction of sp³-hybridized carbons (Fsp3) is 0.318. The van der Waals surface area contributed by atoms with E-state index >= 15 is 0 Å². The Hall–Kier alpha value is -3.15. The van der Waals surface area contributed by atoms with E-state index in [1.807, 2.05) is 61.3 Å². The fourth-order valence-electron chi connectivity index (χ4n) is 3.54. The molecule has 2 aromatic carbocycles. The van der Waals surface area contributed by atoms with Crippen molar-refractivity contribution in [1.29, 1.82) is 0 Å². The highest BCUT2D eigenvalue weighted by Crippen LogP contribution is 2.18. The SMILES string of the molecule is Cc1cc(C)cc(OCC(=O)N2CCN(c3cnc4ccccc4n3)CC2)c1. The lowest BCUT2D eigenvalue weighted by Gasteiger charge is -2.35. The molecule has 0 spiro atoms. The van der Waals surface area contributed by atoms with Gasteiger partial charge in [0.1, 0.15) is 11.6 Å². The molecule has 1 saturated heterocycles. The van der Waals surface area contributed by atoms with Gasteiger partial charge in [-0.15, -0.1) is 0 Å². The molecule has 0 radical (unpaired) electrons. The first-order valence-electron chi connectivity index (χ1n) is 9.54. The molecule has 1 aliphatic rings. The number of carbonyl (C=O) groups excluding carboxylic acids is 1. The van der Waals surface area contributed by atoms with Crippen LogP contribution < -0.4 is 9.64 Å². The standard InChI is InChI=1S/C22H24N4O2/c1-16-11-17(2)13-18(12-16)28-15-22(27)26-9-7-25(8-10-26)21-14-23-19-5-3-4-6-20(19)24-21/h3-6,11-14H,7-10,15H2,1-2H3. The minimum Gasteiger partial charge on any atom is -0.484 e. The second kappa shape index (κ2) is 7.84. The molecule has 0 N–H and O–H groups in total. The molecule has 6 heteroatoms. The third-order valence-corrected chi connectivity index (χ3v) is 4.95. The Kier molecular flexibility index (Phi) is 5.10. The van der Waals surface area contributed by atoms with Crippen LogP contribution in [-0.2, 0) is 4.79 Å². The van der Waals surface area contributed by atoms with Gasteiger partial charge >= 0.3 is 0 Å². The first-order chi connectivity index (χ1) is 13.6. The molecular formula is C22H24N4O2. The molecule has 3 aromatic rings. The number of aromatic nitrogens is 2. The summed E-state index contributed by atoms with van der Waals surface area (Å²) in [4.78, 5) is 25.7. The highest BCUT2D eigenvalue weighted by Gasteiger charge is 2.22. The Labute approximate surface area is 164 Å². The molecule has 0 unspecified atom stereocenters. The van der Waals surface area contributed by atoms with Crippen molar-refractivity contribution in [3.05, 3.63) is 59.8 Å². The Morgan fingerprint density at radius 2 is 1.68 bits per heavy atom. The molecule has 2 heterocycles. The van der Waals surface area contributed by atoms with Crippen LogP contribution in [-0.4, -0.2) is 53.6 Å². The number of fused-ring (bicyclic) bond motifs is 1. The fourth-order valence-corrected chi connectivity index (χ4v) is 3.54. The summed E-state index contributed by atoms with van der Waals surface area (Å²) in [6, 6.07) is 13.8. The number of hydrogen-bond acceptors (Lipinski definition) is 5. The molecule has 0 bridgehead atoms. The zero-order valence-corrected chi connectivity index (χ0v) is 16.3. The maximum Gasteiger partial charge on any atom is 0.260 e. The van der Waals surface area contributed by atoms with Crippen molar-refractivity contribution in [3.63, 3.8) is 0 Å². The summed E-state index contributed by atoms with van der Waals surface area (Å²) in [6.07, 6.45) is 1.81. The van der Waals surface area contributed by atoms with Crippen LogP contribution in [0.3, 0.4) is 0 Å². The van der Waals surface area contributed by atoms with Crippen LogP contribution >= 0.6 is 0 Å². The number of amides is 1. The van der Waals surface area contributed by atoms with Crippen LogP contribution in [0.25, 0.3) is 11.0 Å². The van der Waals surface area contributed by atoms with Gasteiger partial charge < -0.3 is 14.5 Å². The molecule has 1 aliphatic heterocycles. The van der Waals surface area contributed by atoms with Gasteiger partial charge in [-0.25, -0.2) is 4.98 Å². The summed E-state index contributed by atoms with van der Waals surface area (Å²) in [5, 5.41) is 0. The third-order valence-electron chi connectivity index (χ3n) is 4.95. The van der Waals surface area contributed by atoms with Gasteiger partial charge in [-0.3, -0.25) is 9.78 Å². The Balaban J connectivity index is 1.33. The topological polar surface area (TPSA) is 58.6 Å². The molecular weight excluding hydrogens is 352 g/mol. The van der Waals surface area contributed by atoms with Crippen molar-refractivity contribution >= 4 is 22.8 Å². The van der Waals surface area contributed by atoms with Crippen LogP contribution in [0.1, 0.15) is 11.1 Å². The third kappa shape index (κ3) is 4.06. The van der Waals surface area contributed by atoms with E-state index in [0.29, 0.717) is 13.1 Å². The van der Waals surface area contributed by atoms with Crippen molar-refractivity contribution in [2.24, 2.45) is 0 Å². The summed E-state index contributed by atoms with van der Waals surface area (Å²) in [6.45, 7) is 6.91. The number of nitrogens with zero attached hydrogens (tertiary/aromatic N) is 4. The van der Waals surface area contributed by atoms with Crippen LogP contribution in [0.15, 0.2) is 48.7 Å². The van der Waals surface area contributed by atoms with E-state index in [2.05, 4.69) is 16.0 Å². The minimum absolute atomic E-state index is 0.0170. The van der Waals surface area contributed by atoms with Crippen molar-refractivity contribution in [2.45, 2.75) is 13.8 Å². The number of rotatable bonds is 4. The smallest absolute Gasteiger partial charge is 0.260 e. The molecule has 0 atom stereocenters. The normalized spacial score (nSPS) is 14.4. The van der Waals surface area contributed by atoms with Crippen LogP contribution in [0.4, 0.5) is 5.82 Å². The van der Waals surface area contributed by atoms with Crippen molar-refractivity contribution in [2.75, 3.05) is 37.7 Å². The Morgan fingerprint density at radius 1 is 1.00 bits per heavy atom. The number of benzene rings is 2. The second-order valence-electron chi connectivity index (χ2n) is 7.20. The van der Waals surface area contributed by atoms with Gasteiger partial charge in [-0.05, 0) is 49.2 Å². The van der Waals surface area contributed by atoms with E-state index in [1.165, 1.54) is 0 Å². The number of hydrogen-bond donors (Lipinski definition) is 0. The van der Waals surface area contributed by atoms with E-state index in [0.717, 1.165) is 46.8 Å². The predicted octanol–water partition coefficient (Wildman–Crippen LogP) is 2.97. The quantitative estimate of drug-likeness (QED) is 0.701. The molecule has 144 valence electrons. The summed E-state index contributed by atoms with van der Waals surface area (Å²) in [5.41, 5.74) is 4.05. The van der Waals surface area contributed by atoms with Crippen LogP contribution in [0, 0.1) is 13.8 Å². The van der Waals surface area contributed by atoms with E-state index in [4.69, 9.17) is 9.72 Å². The lowest BCUT2D eigenvalue weighted by molar-refractivity contribution is -0.133. The van der Waals surface area contributed by atoms with Crippen molar-refractivity contribution in [1.82, 2.24) is 14.9 Å². The molecule has 28 heavy (non-hydrogen) atoms. The zero-order valence-electron chi connectivity index (χ0n) is 16.3. The molecule has 6 nitrogen and oxygen atoms in total. The van der Waals surface area contributed by atoms with E-state index in [9.17, 15) is 4.79 Å². The maximum absolute atomic E-state index is 12.5. The number of ether oxygens (including phenoxy) is 1.